The second-order valence-corrected chi connectivity index (χ2v) is 7.59. The number of nitrogens with zero attached hydrogens (tertiary/aromatic N) is 3. The predicted molar refractivity (Wildman–Crippen MR) is 113 cm³/mol. The Morgan fingerprint density at radius 2 is 1.90 bits per heavy atom. The highest BCUT2D eigenvalue weighted by Gasteiger charge is 2.15. The Bertz CT molecular complexity index is 1160. The van der Waals surface area contributed by atoms with Gasteiger partial charge in [0.05, 0.1) is 18.0 Å². The van der Waals surface area contributed by atoms with E-state index >= 15 is 0 Å². The van der Waals surface area contributed by atoms with Crippen LogP contribution in [0.1, 0.15) is 19.4 Å². The Hall–Kier alpha value is -3.19. The molecule has 2 heterocycles. The van der Waals surface area contributed by atoms with Crippen LogP contribution in [0.2, 0.25) is 0 Å². The van der Waals surface area contributed by atoms with Crippen LogP contribution in [0, 0.1) is 5.82 Å². The third-order valence-electron chi connectivity index (χ3n) is 4.35. The van der Waals surface area contributed by atoms with Crippen molar-refractivity contribution in [1.29, 1.82) is 0 Å². The zero-order valence-electron chi connectivity index (χ0n) is 16.2. The molecule has 5 nitrogen and oxygen atoms in total. The van der Waals surface area contributed by atoms with Crippen molar-refractivity contribution in [1.82, 2.24) is 4.68 Å². The number of benzene rings is 2. The topological polar surface area (TPSA) is 48.1 Å². The lowest BCUT2D eigenvalue weighted by molar-refractivity contribution is 0.174. The van der Waals surface area contributed by atoms with Gasteiger partial charge in [0.2, 0.25) is 11.6 Å². The molecule has 0 fully saturated rings. The van der Waals surface area contributed by atoms with Crippen LogP contribution in [0.25, 0.3) is 11.3 Å². The van der Waals surface area contributed by atoms with Gasteiger partial charge in [-0.1, -0.05) is 12.2 Å². The van der Waals surface area contributed by atoms with Crippen LogP contribution in [0.4, 0.5) is 4.39 Å². The van der Waals surface area contributed by atoms with Gasteiger partial charge in [-0.05, 0) is 56.3 Å². The Kier molecular flexibility index (Phi) is 5.31. The van der Waals surface area contributed by atoms with Gasteiger partial charge in [-0.25, -0.2) is 9.07 Å². The quantitative estimate of drug-likeness (QED) is 0.447. The maximum absolute atomic E-state index is 13.4. The van der Waals surface area contributed by atoms with Crippen LogP contribution in [0.15, 0.2) is 70.1 Å². The molecule has 0 unspecified atom stereocenters. The van der Waals surface area contributed by atoms with E-state index in [2.05, 4.69) is 11.6 Å². The lowest BCUT2D eigenvalue weighted by atomic mass is 10.1. The standard InChI is InChI=1S/C22H20FN3O2S/c1-14(2)11-24-22-26(19(12-29-22)16-4-7-18(23)8-5-16)25-15(3)17-6-9-20-21(10-17)28-13-27-20/h4-10,12H,1,11,13H2,2-3H3. The fraction of sp³-hybridized carbons (Fsp3) is 0.182. The zero-order valence-corrected chi connectivity index (χ0v) is 17.0. The van der Waals surface area contributed by atoms with E-state index in [1.165, 1.54) is 23.5 Å². The SMILES string of the molecule is C=C(C)CN=c1scc(-c2ccc(F)cc2)n1N=C(C)c1ccc2c(c1)OCO2. The molecule has 0 amide bonds. The zero-order chi connectivity index (χ0) is 20.4. The molecule has 1 aromatic heterocycles. The lowest BCUT2D eigenvalue weighted by Gasteiger charge is -2.07. The predicted octanol–water partition coefficient (Wildman–Crippen LogP) is 4.83. The number of fused-ring (bicyclic) bond motifs is 1. The molecule has 29 heavy (non-hydrogen) atoms. The van der Waals surface area contributed by atoms with Crippen molar-refractivity contribution in [3.63, 3.8) is 0 Å². The van der Waals surface area contributed by atoms with E-state index < -0.39 is 0 Å². The Labute approximate surface area is 172 Å². The number of ether oxygens (including phenoxy) is 2. The number of hydrogen-bond acceptors (Lipinski definition) is 5. The summed E-state index contributed by atoms with van der Waals surface area (Å²) in [4.78, 5) is 5.37. The van der Waals surface area contributed by atoms with Crippen LogP contribution in [0.5, 0.6) is 11.5 Å². The van der Waals surface area contributed by atoms with Crippen LogP contribution in [-0.4, -0.2) is 23.7 Å². The van der Waals surface area contributed by atoms with Crippen LogP contribution < -0.4 is 14.3 Å². The lowest BCUT2D eigenvalue weighted by Crippen LogP contribution is -2.15. The summed E-state index contributed by atoms with van der Waals surface area (Å²) in [5.41, 5.74) is 4.38. The summed E-state index contributed by atoms with van der Waals surface area (Å²) in [7, 11) is 0. The fourth-order valence-corrected chi connectivity index (χ4v) is 3.69. The van der Waals surface area contributed by atoms with E-state index in [-0.39, 0.29) is 12.6 Å². The summed E-state index contributed by atoms with van der Waals surface area (Å²) >= 11 is 1.48. The molecule has 1 aliphatic heterocycles. The smallest absolute Gasteiger partial charge is 0.231 e. The molecule has 0 spiro atoms. The first-order chi connectivity index (χ1) is 14.0. The molecular formula is C22H20FN3O2S. The average molecular weight is 409 g/mol. The number of rotatable bonds is 5. The molecule has 0 aliphatic carbocycles. The van der Waals surface area contributed by atoms with Gasteiger partial charge in [0.15, 0.2) is 11.5 Å². The van der Waals surface area contributed by atoms with Gasteiger partial charge in [0, 0.05) is 16.5 Å². The maximum atomic E-state index is 13.4. The highest BCUT2D eigenvalue weighted by atomic mass is 32.1. The minimum Gasteiger partial charge on any atom is -0.454 e. The van der Waals surface area contributed by atoms with Crippen molar-refractivity contribution in [2.24, 2.45) is 10.1 Å². The van der Waals surface area contributed by atoms with E-state index in [9.17, 15) is 4.39 Å². The molecule has 0 saturated carbocycles. The first-order valence-electron chi connectivity index (χ1n) is 9.08. The molecule has 0 atom stereocenters. The highest BCUT2D eigenvalue weighted by Crippen LogP contribution is 2.32. The van der Waals surface area contributed by atoms with Crippen molar-refractivity contribution >= 4 is 17.0 Å². The fourth-order valence-electron chi connectivity index (χ4n) is 2.86. The van der Waals surface area contributed by atoms with Gasteiger partial charge in [-0.15, -0.1) is 11.3 Å². The van der Waals surface area contributed by atoms with E-state index in [1.807, 2.05) is 37.4 Å². The van der Waals surface area contributed by atoms with Crippen LogP contribution in [0.3, 0.4) is 0 Å². The molecule has 2 aromatic carbocycles. The summed E-state index contributed by atoms with van der Waals surface area (Å²) in [6, 6.07) is 12.1. The van der Waals surface area contributed by atoms with E-state index in [0.29, 0.717) is 12.3 Å². The molecule has 0 saturated heterocycles. The van der Waals surface area contributed by atoms with Crippen molar-refractivity contribution < 1.29 is 13.9 Å². The van der Waals surface area contributed by atoms with Crippen molar-refractivity contribution in [3.05, 3.63) is 76.2 Å². The maximum Gasteiger partial charge on any atom is 0.231 e. The van der Waals surface area contributed by atoms with E-state index in [1.54, 1.807) is 16.8 Å². The largest absolute Gasteiger partial charge is 0.454 e. The first kappa shape index (κ1) is 19.1. The number of halogens is 1. The normalized spacial score (nSPS) is 13.8. The molecular weight excluding hydrogens is 389 g/mol. The molecule has 148 valence electrons. The molecule has 4 rings (SSSR count). The number of hydrogen-bond donors (Lipinski definition) is 0. The van der Waals surface area contributed by atoms with Gasteiger partial charge < -0.3 is 9.47 Å². The van der Waals surface area contributed by atoms with Gasteiger partial charge in [0.25, 0.3) is 0 Å². The Balaban J connectivity index is 1.80. The molecule has 1 aliphatic rings. The third kappa shape index (κ3) is 4.14. The van der Waals surface area contributed by atoms with Crippen molar-refractivity contribution in [3.8, 4) is 22.8 Å². The van der Waals surface area contributed by atoms with Crippen molar-refractivity contribution in [2.45, 2.75) is 13.8 Å². The Morgan fingerprint density at radius 1 is 1.14 bits per heavy atom. The summed E-state index contributed by atoms with van der Waals surface area (Å²) in [5.74, 6) is 1.16. The van der Waals surface area contributed by atoms with Crippen LogP contribution in [-0.2, 0) is 0 Å². The molecule has 0 radical (unpaired) electrons. The summed E-state index contributed by atoms with van der Waals surface area (Å²) in [6.45, 7) is 8.52. The number of thiazole rings is 1. The minimum absolute atomic E-state index is 0.229. The average Bonchev–Trinajstić information content (AvgIpc) is 3.33. The van der Waals surface area contributed by atoms with Gasteiger partial charge in [0.1, 0.15) is 5.82 Å². The van der Waals surface area contributed by atoms with E-state index in [4.69, 9.17) is 14.6 Å². The molecule has 7 heteroatoms. The van der Waals surface area contributed by atoms with Gasteiger partial charge in [-0.2, -0.15) is 5.10 Å². The first-order valence-corrected chi connectivity index (χ1v) is 9.96. The molecule has 0 bridgehead atoms. The highest BCUT2D eigenvalue weighted by molar-refractivity contribution is 7.07. The minimum atomic E-state index is -0.275. The van der Waals surface area contributed by atoms with Crippen molar-refractivity contribution in [2.75, 3.05) is 13.3 Å². The molecule has 3 aromatic rings. The van der Waals surface area contributed by atoms with Crippen LogP contribution >= 0.6 is 11.3 Å². The van der Waals surface area contributed by atoms with Gasteiger partial charge in [-0.3, -0.25) is 4.99 Å². The second kappa shape index (κ2) is 8.05. The summed E-state index contributed by atoms with van der Waals surface area (Å²) in [5, 5.41) is 6.79. The van der Waals surface area contributed by atoms with E-state index in [0.717, 1.165) is 38.7 Å². The monoisotopic (exact) mass is 409 g/mol. The summed E-state index contributed by atoms with van der Waals surface area (Å²) < 4.78 is 26.0. The summed E-state index contributed by atoms with van der Waals surface area (Å²) in [6.07, 6.45) is 0. The number of aromatic nitrogens is 1. The molecule has 0 N–H and O–H groups in total. The second-order valence-electron chi connectivity index (χ2n) is 6.75. The Morgan fingerprint density at radius 3 is 2.66 bits per heavy atom. The third-order valence-corrected chi connectivity index (χ3v) is 5.20. The van der Waals surface area contributed by atoms with Gasteiger partial charge >= 0.3 is 0 Å².